The first kappa shape index (κ1) is 19.1. The van der Waals surface area contributed by atoms with Crippen molar-refractivity contribution in [3.8, 4) is 5.69 Å². The highest BCUT2D eigenvalue weighted by Crippen LogP contribution is 2.29. The predicted octanol–water partition coefficient (Wildman–Crippen LogP) is 3.65. The van der Waals surface area contributed by atoms with Crippen molar-refractivity contribution >= 4 is 22.8 Å². The van der Waals surface area contributed by atoms with Gasteiger partial charge in [-0.05, 0) is 55.5 Å². The summed E-state index contributed by atoms with van der Waals surface area (Å²) in [6.07, 6.45) is 2.50. The van der Waals surface area contributed by atoms with E-state index in [4.69, 9.17) is 4.74 Å². The number of hydrogen-bond acceptors (Lipinski definition) is 4. The number of nitrogens with one attached hydrogen (secondary N) is 1. The Bertz CT molecular complexity index is 1300. The number of benzene rings is 2. The molecule has 7 nitrogen and oxygen atoms in total. The largest absolute Gasteiger partial charge is 0.465 e. The molecule has 4 aromatic rings. The number of carbonyl (C=O) groups is 2. The van der Waals surface area contributed by atoms with E-state index in [0.29, 0.717) is 24.2 Å². The lowest BCUT2D eigenvalue weighted by Crippen LogP contribution is -2.35. The van der Waals surface area contributed by atoms with Gasteiger partial charge in [0, 0.05) is 59.1 Å². The molecule has 1 N–H and O–H groups in total. The molecular formula is C24H22N4O3. The van der Waals surface area contributed by atoms with Crippen molar-refractivity contribution in [3.63, 3.8) is 0 Å². The van der Waals surface area contributed by atoms with Crippen LogP contribution >= 0.6 is 0 Å². The Balaban J connectivity index is 1.41. The number of carbonyl (C=O) groups excluding carboxylic acids is 2. The zero-order valence-electron chi connectivity index (χ0n) is 17.4. The molecule has 0 radical (unpaired) electrons. The molecule has 0 aliphatic carbocycles. The molecule has 0 atom stereocenters. The van der Waals surface area contributed by atoms with Gasteiger partial charge in [0.2, 0.25) is 0 Å². The average molecular weight is 414 g/mol. The number of esters is 1. The van der Waals surface area contributed by atoms with Gasteiger partial charge in [0.25, 0.3) is 5.91 Å². The second kappa shape index (κ2) is 7.43. The third-order valence-electron chi connectivity index (χ3n) is 5.87. The van der Waals surface area contributed by atoms with Gasteiger partial charge in [-0.15, -0.1) is 0 Å². The molecule has 0 saturated heterocycles. The van der Waals surface area contributed by atoms with Crippen LogP contribution < -0.4 is 0 Å². The highest BCUT2D eigenvalue weighted by molar-refractivity contribution is 5.97. The third-order valence-corrected chi connectivity index (χ3v) is 5.87. The minimum Gasteiger partial charge on any atom is -0.465 e. The molecule has 7 heteroatoms. The minimum absolute atomic E-state index is 0.00661. The first-order valence-electron chi connectivity index (χ1n) is 10.2. The number of aromatic amines is 1. The molecule has 2 aromatic heterocycles. The van der Waals surface area contributed by atoms with Gasteiger partial charge in [0.05, 0.1) is 18.4 Å². The minimum atomic E-state index is -0.367. The summed E-state index contributed by atoms with van der Waals surface area (Å²) < 4.78 is 6.69. The van der Waals surface area contributed by atoms with E-state index in [1.807, 2.05) is 59.0 Å². The Labute approximate surface area is 179 Å². The van der Waals surface area contributed by atoms with Crippen LogP contribution in [0.4, 0.5) is 0 Å². The van der Waals surface area contributed by atoms with Crippen LogP contribution in [0.3, 0.4) is 0 Å². The summed E-state index contributed by atoms with van der Waals surface area (Å²) >= 11 is 0. The summed E-state index contributed by atoms with van der Waals surface area (Å²) in [4.78, 5) is 30.4. The van der Waals surface area contributed by atoms with Gasteiger partial charge in [-0.25, -0.2) is 9.48 Å². The van der Waals surface area contributed by atoms with Crippen LogP contribution in [-0.2, 0) is 17.7 Å². The van der Waals surface area contributed by atoms with Crippen LogP contribution in [0, 0.1) is 6.92 Å². The Hall–Kier alpha value is -3.87. The van der Waals surface area contributed by atoms with E-state index in [1.54, 1.807) is 12.3 Å². The van der Waals surface area contributed by atoms with Gasteiger partial charge in [-0.2, -0.15) is 5.10 Å². The third kappa shape index (κ3) is 3.28. The van der Waals surface area contributed by atoms with Crippen LogP contribution in [-0.4, -0.2) is 45.2 Å². The van der Waals surface area contributed by atoms with Crippen molar-refractivity contribution in [2.24, 2.45) is 0 Å². The van der Waals surface area contributed by atoms with Gasteiger partial charge >= 0.3 is 5.97 Å². The van der Waals surface area contributed by atoms with E-state index >= 15 is 0 Å². The van der Waals surface area contributed by atoms with Crippen molar-refractivity contribution in [2.45, 2.75) is 19.9 Å². The summed E-state index contributed by atoms with van der Waals surface area (Å²) in [7, 11) is 1.37. The van der Waals surface area contributed by atoms with E-state index in [-0.39, 0.29) is 11.9 Å². The molecule has 3 heterocycles. The number of amides is 1. The van der Waals surface area contributed by atoms with Crippen LogP contribution in [0.1, 0.15) is 37.7 Å². The number of nitrogens with zero attached hydrogens (tertiary/aromatic N) is 3. The maximum atomic E-state index is 13.2. The van der Waals surface area contributed by atoms with Gasteiger partial charge in [0.15, 0.2) is 0 Å². The number of H-pyrrole nitrogens is 1. The Morgan fingerprint density at radius 3 is 2.55 bits per heavy atom. The van der Waals surface area contributed by atoms with Crippen LogP contribution in [0.25, 0.3) is 16.6 Å². The summed E-state index contributed by atoms with van der Waals surface area (Å²) in [5.41, 5.74) is 6.25. The molecule has 5 rings (SSSR count). The van der Waals surface area contributed by atoms with Gasteiger partial charge < -0.3 is 14.6 Å². The number of ether oxygens (including phenoxy) is 1. The SMILES string of the molecule is COC(=O)c1ccc2[nH]c3c(c2c1)CN(C(=O)c1ccc(-n2nccc2C)cc1)CC3. The van der Waals surface area contributed by atoms with Gasteiger partial charge in [0.1, 0.15) is 0 Å². The van der Waals surface area contributed by atoms with Gasteiger partial charge in [-0.3, -0.25) is 4.79 Å². The zero-order chi connectivity index (χ0) is 21.5. The Morgan fingerprint density at radius 1 is 1.06 bits per heavy atom. The van der Waals surface area contributed by atoms with Crippen LogP contribution in [0.5, 0.6) is 0 Å². The van der Waals surface area contributed by atoms with E-state index < -0.39 is 0 Å². The van der Waals surface area contributed by atoms with Crippen molar-refractivity contribution < 1.29 is 14.3 Å². The van der Waals surface area contributed by atoms with E-state index in [1.165, 1.54) is 7.11 Å². The number of hydrogen-bond donors (Lipinski definition) is 1. The lowest BCUT2D eigenvalue weighted by atomic mass is 10.0. The molecule has 0 bridgehead atoms. The zero-order valence-corrected chi connectivity index (χ0v) is 17.4. The number of methoxy groups -OCH3 is 1. The Morgan fingerprint density at radius 2 is 1.84 bits per heavy atom. The molecule has 2 aromatic carbocycles. The molecule has 1 aliphatic rings. The molecule has 0 unspecified atom stereocenters. The second-order valence-corrected chi connectivity index (χ2v) is 7.74. The maximum absolute atomic E-state index is 13.2. The number of aryl methyl sites for hydroxylation is 1. The maximum Gasteiger partial charge on any atom is 0.337 e. The lowest BCUT2D eigenvalue weighted by molar-refractivity contribution is 0.0600. The smallest absolute Gasteiger partial charge is 0.337 e. The predicted molar refractivity (Wildman–Crippen MR) is 116 cm³/mol. The Kier molecular flexibility index (Phi) is 4.58. The quantitative estimate of drug-likeness (QED) is 0.519. The molecule has 31 heavy (non-hydrogen) atoms. The normalized spacial score (nSPS) is 13.3. The second-order valence-electron chi connectivity index (χ2n) is 7.74. The lowest BCUT2D eigenvalue weighted by Gasteiger charge is -2.27. The molecule has 1 amide bonds. The standard InChI is InChI=1S/C24H22N4O3/c1-15-9-11-25-28(15)18-6-3-16(4-7-18)23(29)27-12-10-22-20(14-27)19-13-17(24(30)31-2)5-8-21(19)26-22/h3-9,11,13,26H,10,12,14H2,1-2H3. The fourth-order valence-corrected chi connectivity index (χ4v) is 4.20. The van der Waals surface area contributed by atoms with E-state index in [9.17, 15) is 9.59 Å². The molecule has 0 fully saturated rings. The molecule has 0 saturated carbocycles. The molecule has 0 spiro atoms. The fraction of sp³-hybridized carbons (Fsp3) is 0.208. The molecule has 1 aliphatic heterocycles. The van der Waals surface area contributed by atoms with Crippen molar-refractivity contribution in [1.82, 2.24) is 19.7 Å². The van der Waals surface area contributed by atoms with Crippen molar-refractivity contribution in [1.29, 1.82) is 0 Å². The number of aromatic nitrogens is 3. The molecule has 156 valence electrons. The van der Waals surface area contributed by atoms with Crippen LogP contribution in [0.2, 0.25) is 0 Å². The first-order chi connectivity index (χ1) is 15.0. The summed E-state index contributed by atoms with van der Waals surface area (Å²) in [5, 5.41) is 5.27. The fourth-order valence-electron chi connectivity index (χ4n) is 4.20. The van der Waals surface area contributed by atoms with Crippen molar-refractivity contribution in [3.05, 3.63) is 82.8 Å². The molecular weight excluding hydrogens is 392 g/mol. The summed E-state index contributed by atoms with van der Waals surface area (Å²) in [6, 6.07) is 14.9. The summed E-state index contributed by atoms with van der Waals surface area (Å²) in [6.45, 7) is 3.13. The highest BCUT2D eigenvalue weighted by atomic mass is 16.5. The average Bonchev–Trinajstić information content (AvgIpc) is 3.40. The highest BCUT2D eigenvalue weighted by Gasteiger charge is 2.25. The van der Waals surface area contributed by atoms with Crippen molar-refractivity contribution in [2.75, 3.05) is 13.7 Å². The monoisotopic (exact) mass is 414 g/mol. The number of rotatable bonds is 3. The first-order valence-corrected chi connectivity index (χ1v) is 10.2. The van der Waals surface area contributed by atoms with Crippen LogP contribution in [0.15, 0.2) is 54.7 Å². The van der Waals surface area contributed by atoms with Gasteiger partial charge in [-0.1, -0.05) is 0 Å². The number of fused-ring (bicyclic) bond motifs is 3. The topological polar surface area (TPSA) is 80.2 Å². The van der Waals surface area contributed by atoms with E-state index in [2.05, 4.69) is 10.1 Å². The summed E-state index contributed by atoms with van der Waals surface area (Å²) in [5.74, 6) is -0.374. The van der Waals surface area contributed by atoms with E-state index in [0.717, 1.165) is 40.0 Å².